The van der Waals surface area contributed by atoms with Gasteiger partial charge in [0.25, 0.3) is 0 Å². The van der Waals surface area contributed by atoms with Crippen LogP contribution in [0.25, 0.3) is 0 Å². The molecule has 0 spiro atoms. The second-order valence-corrected chi connectivity index (χ2v) is 5.44. The molecule has 1 heteroatoms. The molecule has 0 aliphatic rings. The molecule has 90 valence electrons. The molecule has 0 saturated heterocycles. The molecular weight excluding hydrogens is 194 g/mol. The quantitative estimate of drug-likeness (QED) is 0.737. The van der Waals surface area contributed by atoms with E-state index in [1.807, 2.05) is 0 Å². The summed E-state index contributed by atoms with van der Waals surface area (Å²) < 4.78 is 0. The van der Waals surface area contributed by atoms with Crippen LogP contribution in [0, 0.1) is 5.92 Å². The lowest BCUT2D eigenvalue weighted by molar-refractivity contribution is 0.335. The highest BCUT2D eigenvalue weighted by molar-refractivity contribution is 5.55. The van der Waals surface area contributed by atoms with Crippen LogP contribution in [0.5, 0.6) is 0 Å². The molecule has 0 N–H and O–H groups in total. The Morgan fingerprint density at radius 3 is 2.25 bits per heavy atom. The van der Waals surface area contributed by atoms with Crippen molar-refractivity contribution in [1.29, 1.82) is 0 Å². The van der Waals surface area contributed by atoms with Crippen LogP contribution in [0.3, 0.4) is 0 Å². The molecule has 16 heavy (non-hydrogen) atoms. The van der Waals surface area contributed by atoms with Gasteiger partial charge in [-0.15, -0.1) is 0 Å². The molecule has 1 rings (SSSR count). The van der Waals surface area contributed by atoms with Gasteiger partial charge in [-0.3, -0.25) is 0 Å². The molecule has 1 atom stereocenters. The summed E-state index contributed by atoms with van der Waals surface area (Å²) in [5.74, 6) is 0.689. The van der Waals surface area contributed by atoms with Gasteiger partial charge in [0, 0.05) is 19.8 Å². The predicted molar refractivity (Wildman–Crippen MR) is 73.3 cm³/mol. The van der Waals surface area contributed by atoms with Crippen LogP contribution in [-0.4, -0.2) is 14.1 Å². The van der Waals surface area contributed by atoms with E-state index in [4.69, 9.17) is 0 Å². The van der Waals surface area contributed by atoms with Crippen molar-refractivity contribution in [2.45, 2.75) is 39.5 Å². The van der Waals surface area contributed by atoms with Gasteiger partial charge in [0.1, 0.15) is 0 Å². The topological polar surface area (TPSA) is 3.24 Å². The van der Waals surface area contributed by atoms with Crippen molar-refractivity contribution < 1.29 is 0 Å². The fraction of sp³-hybridized carbons (Fsp3) is 0.600. The zero-order chi connectivity index (χ0) is 12.3. The molecule has 0 radical (unpaired) electrons. The molecule has 0 aliphatic carbocycles. The van der Waals surface area contributed by atoms with Gasteiger partial charge >= 0.3 is 0 Å². The number of hydrogen-bond acceptors (Lipinski definition) is 1. The van der Waals surface area contributed by atoms with E-state index < -0.39 is 0 Å². The Balaban J connectivity index is 3.21. The average molecular weight is 219 g/mol. The van der Waals surface area contributed by atoms with Gasteiger partial charge in [0.05, 0.1) is 0 Å². The molecule has 0 bridgehead atoms. The zero-order valence-electron chi connectivity index (χ0n) is 11.5. The predicted octanol–water partition coefficient (Wildman–Crippen LogP) is 4.08. The molecule has 1 aromatic rings. The molecule has 0 amide bonds. The van der Waals surface area contributed by atoms with Gasteiger partial charge in [-0.2, -0.15) is 0 Å². The number of rotatable bonds is 4. The average Bonchev–Trinajstić information content (AvgIpc) is 2.27. The number of hydrogen-bond donors (Lipinski definition) is 0. The third kappa shape index (κ3) is 2.40. The first kappa shape index (κ1) is 13.1. The summed E-state index contributed by atoms with van der Waals surface area (Å²) >= 11 is 0. The van der Waals surface area contributed by atoms with Crippen molar-refractivity contribution in [3.05, 3.63) is 29.8 Å². The van der Waals surface area contributed by atoms with Gasteiger partial charge < -0.3 is 4.90 Å². The van der Waals surface area contributed by atoms with E-state index in [2.05, 4.69) is 71.0 Å². The fourth-order valence-electron chi connectivity index (χ4n) is 2.18. The third-order valence-electron chi connectivity index (χ3n) is 3.92. The van der Waals surface area contributed by atoms with Crippen LogP contribution in [0.15, 0.2) is 24.3 Å². The van der Waals surface area contributed by atoms with Gasteiger partial charge in [-0.25, -0.2) is 0 Å². The van der Waals surface area contributed by atoms with Crippen LogP contribution in [0.4, 0.5) is 5.69 Å². The summed E-state index contributed by atoms with van der Waals surface area (Å²) in [7, 11) is 4.23. The van der Waals surface area contributed by atoms with Crippen molar-refractivity contribution in [3.8, 4) is 0 Å². The van der Waals surface area contributed by atoms with E-state index in [9.17, 15) is 0 Å². The summed E-state index contributed by atoms with van der Waals surface area (Å²) in [4.78, 5) is 2.21. The maximum atomic E-state index is 2.35. The summed E-state index contributed by atoms with van der Waals surface area (Å²) in [6.07, 6.45) is 1.22. The molecule has 0 saturated carbocycles. The second-order valence-electron chi connectivity index (χ2n) is 5.44. The number of anilines is 1. The first-order valence-corrected chi connectivity index (χ1v) is 6.18. The molecule has 0 aliphatic heterocycles. The van der Waals surface area contributed by atoms with E-state index in [1.165, 1.54) is 17.7 Å². The Morgan fingerprint density at radius 2 is 1.75 bits per heavy atom. The molecule has 1 aromatic carbocycles. The Bertz CT molecular complexity index is 339. The summed E-state index contributed by atoms with van der Waals surface area (Å²) in [5, 5.41) is 0. The van der Waals surface area contributed by atoms with E-state index in [1.54, 1.807) is 0 Å². The van der Waals surface area contributed by atoms with Crippen molar-refractivity contribution in [1.82, 2.24) is 0 Å². The van der Waals surface area contributed by atoms with Crippen LogP contribution in [0.2, 0.25) is 0 Å². The third-order valence-corrected chi connectivity index (χ3v) is 3.92. The monoisotopic (exact) mass is 219 g/mol. The zero-order valence-corrected chi connectivity index (χ0v) is 11.5. The van der Waals surface area contributed by atoms with E-state index in [0.717, 1.165) is 0 Å². The summed E-state index contributed by atoms with van der Waals surface area (Å²) in [6.45, 7) is 9.31. The first-order chi connectivity index (χ1) is 7.41. The standard InChI is InChI=1S/C15H25N/c1-7-12(2)15(3,4)13-10-8-9-11-14(13)16(5)6/h8-12H,7H2,1-6H3. The maximum absolute atomic E-state index is 2.35. The Morgan fingerprint density at radius 1 is 1.19 bits per heavy atom. The smallest absolute Gasteiger partial charge is 0.0399 e. The fourth-order valence-corrected chi connectivity index (χ4v) is 2.18. The van der Waals surface area contributed by atoms with E-state index in [-0.39, 0.29) is 5.41 Å². The minimum absolute atomic E-state index is 0.232. The van der Waals surface area contributed by atoms with Gasteiger partial charge in [0.15, 0.2) is 0 Å². The highest BCUT2D eigenvalue weighted by atomic mass is 15.1. The summed E-state index contributed by atoms with van der Waals surface area (Å²) in [5.41, 5.74) is 3.03. The minimum atomic E-state index is 0.232. The van der Waals surface area contributed by atoms with Crippen molar-refractivity contribution >= 4 is 5.69 Å². The van der Waals surface area contributed by atoms with Gasteiger partial charge in [-0.1, -0.05) is 52.3 Å². The lowest BCUT2D eigenvalue weighted by atomic mass is 9.72. The Labute approximate surface area is 100 Å². The van der Waals surface area contributed by atoms with Crippen molar-refractivity contribution in [3.63, 3.8) is 0 Å². The van der Waals surface area contributed by atoms with Crippen LogP contribution in [-0.2, 0) is 5.41 Å². The molecular formula is C15H25N. The second kappa shape index (κ2) is 4.90. The van der Waals surface area contributed by atoms with Gasteiger partial charge in [-0.05, 0) is 23.0 Å². The maximum Gasteiger partial charge on any atom is 0.0399 e. The van der Waals surface area contributed by atoms with Crippen LogP contribution < -0.4 is 4.90 Å². The van der Waals surface area contributed by atoms with E-state index in [0.29, 0.717) is 5.92 Å². The molecule has 1 nitrogen and oxygen atoms in total. The first-order valence-electron chi connectivity index (χ1n) is 6.18. The summed E-state index contributed by atoms with van der Waals surface area (Å²) in [6, 6.07) is 8.74. The van der Waals surface area contributed by atoms with Gasteiger partial charge in [0.2, 0.25) is 0 Å². The molecule has 0 aromatic heterocycles. The highest BCUT2D eigenvalue weighted by Crippen LogP contribution is 2.38. The lowest BCUT2D eigenvalue weighted by Crippen LogP contribution is -2.28. The number of nitrogens with zero attached hydrogens (tertiary/aromatic N) is 1. The normalized spacial score (nSPS) is 13.6. The highest BCUT2D eigenvalue weighted by Gasteiger charge is 2.29. The Hall–Kier alpha value is -0.980. The SMILES string of the molecule is CCC(C)C(C)(C)c1ccccc1N(C)C. The number of para-hydroxylation sites is 1. The number of benzene rings is 1. The largest absolute Gasteiger partial charge is 0.377 e. The van der Waals surface area contributed by atoms with Crippen LogP contribution in [0.1, 0.15) is 39.7 Å². The molecule has 1 unspecified atom stereocenters. The molecule has 0 fully saturated rings. The lowest BCUT2D eigenvalue weighted by Gasteiger charge is -2.35. The Kier molecular flexibility index (Phi) is 4.01. The van der Waals surface area contributed by atoms with Crippen molar-refractivity contribution in [2.75, 3.05) is 19.0 Å². The minimum Gasteiger partial charge on any atom is -0.377 e. The molecule has 0 heterocycles. The van der Waals surface area contributed by atoms with E-state index >= 15 is 0 Å². The van der Waals surface area contributed by atoms with Crippen LogP contribution >= 0.6 is 0 Å². The van der Waals surface area contributed by atoms with Crippen molar-refractivity contribution in [2.24, 2.45) is 5.92 Å².